The molecule has 0 saturated heterocycles. The molecule has 0 aliphatic heterocycles. The van der Waals surface area contributed by atoms with E-state index in [2.05, 4.69) is 25.8 Å². The van der Waals surface area contributed by atoms with E-state index in [1.165, 1.54) is 18.3 Å². The zero-order valence-electron chi connectivity index (χ0n) is 15.7. The van der Waals surface area contributed by atoms with Crippen LogP contribution in [0.5, 0.6) is 17.2 Å². The van der Waals surface area contributed by atoms with Crippen LogP contribution in [0.4, 0.5) is 21.8 Å². The molecule has 0 saturated carbocycles. The molecule has 9 heteroatoms. The molecule has 0 spiro atoms. The van der Waals surface area contributed by atoms with E-state index in [1.54, 1.807) is 45.6 Å². The Kier molecular flexibility index (Phi) is 6.05. The summed E-state index contributed by atoms with van der Waals surface area (Å²) in [5, 5.41) is 14.1. The van der Waals surface area contributed by atoms with Gasteiger partial charge in [0, 0.05) is 24.4 Å². The summed E-state index contributed by atoms with van der Waals surface area (Å²) in [6.07, 6.45) is 1.49. The largest absolute Gasteiger partial charge is 0.493 e. The van der Waals surface area contributed by atoms with Gasteiger partial charge in [0.05, 0.1) is 27.5 Å². The Bertz CT molecular complexity index is 912. The van der Waals surface area contributed by atoms with Gasteiger partial charge in [-0.05, 0) is 17.7 Å². The van der Waals surface area contributed by atoms with Crippen molar-refractivity contribution in [3.8, 4) is 17.2 Å². The third kappa shape index (κ3) is 4.56. The van der Waals surface area contributed by atoms with Crippen molar-refractivity contribution in [1.82, 2.24) is 15.2 Å². The summed E-state index contributed by atoms with van der Waals surface area (Å²) in [4.78, 5) is 4.37. The van der Waals surface area contributed by atoms with Crippen molar-refractivity contribution in [3.63, 3.8) is 0 Å². The molecule has 0 bridgehead atoms. The minimum absolute atomic E-state index is 0.279. The number of aromatic nitrogens is 3. The summed E-state index contributed by atoms with van der Waals surface area (Å²) in [6, 6.07) is 9.70. The van der Waals surface area contributed by atoms with E-state index in [-0.39, 0.29) is 5.82 Å². The van der Waals surface area contributed by atoms with Crippen LogP contribution in [0.25, 0.3) is 0 Å². The molecule has 3 aromatic rings. The number of ether oxygens (including phenoxy) is 3. The van der Waals surface area contributed by atoms with Gasteiger partial charge in [-0.15, -0.1) is 5.10 Å². The first-order chi connectivity index (χ1) is 13.6. The first-order valence-corrected chi connectivity index (χ1v) is 8.38. The van der Waals surface area contributed by atoms with Gasteiger partial charge >= 0.3 is 0 Å². The number of benzene rings is 2. The lowest BCUT2D eigenvalue weighted by atomic mass is 10.2. The maximum absolute atomic E-state index is 13.0. The molecular weight excluding hydrogens is 365 g/mol. The van der Waals surface area contributed by atoms with Crippen LogP contribution >= 0.6 is 0 Å². The normalized spacial score (nSPS) is 10.3. The van der Waals surface area contributed by atoms with Crippen molar-refractivity contribution in [2.24, 2.45) is 0 Å². The van der Waals surface area contributed by atoms with Crippen molar-refractivity contribution in [2.75, 3.05) is 32.0 Å². The fourth-order valence-electron chi connectivity index (χ4n) is 2.52. The minimum Gasteiger partial charge on any atom is -0.493 e. The lowest BCUT2D eigenvalue weighted by molar-refractivity contribution is 0.324. The minimum atomic E-state index is -0.279. The fraction of sp³-hybridized carbons (Fsp3) is 0.211. The second kappa shape index (κ2) is 8.85. The molecule has 1 aromatic heterocycles. The molecule has 0 fully saturated rings. The van der Waals surface area contributed by atoms with Gasteiger partial charge in [0.15, 0.2) is 17.3 Å². The van der Waals surface area contributed by atoms with Crippen LogP contribution in [0.15, 0.2) is 42.6 Å². The number of nitrogens with zero attached hydrogens (tertiary/aromatic N) is 3. The predicted octanol–water partition coefficient (Wildman–Crippen LogP) is 3.39. The molecule has 0 atom stereocenters. The first-order valence-electron chi connectivity index (χ1n) is 8.38. The van der Waals surface area contributed by atoms with Crippen molar-refractivity contribution in [1.29, 1.82) is 0 Å². The summed E-state index contributed by atoms with van der Waals surface area (Å²) in [7, 11) is 4.64. The average Bonchev–Trinajstić information content (AvgIpc) is 2.73. The molecule has 0 aliphatic rings. The Morgan fingerprint density at radius 2 is 1.64 bits per heavy atom. The van der Waals surface area contributed by atoms with Crippen LogP contribution in [0.2, 0.25) is 0 Å². The number of anilines is 3. The van der Waals surface area contributed by atoms with Gasteiger partial charge in [-0.1, -0.05) is 12.1 Å². The van der Waals surface area contributed by atoms with Crippen molar-refractivity contribution >= 4 is 17.5 Å². The van der Waals surface area contributed by atoms with E-state index in [0.29, 0.717) is 41.2 Å². The van der Waals surface area contributed by atoms with Crippen molar-refractivity contribution in [2.45, 2.75) is 6.54 Å². The Morgan fingerprint density at radius 3 is 2.25 bits per heavy atom. The average molecular weight is 385 g/mol. The van der Waals surface area contributed by atoms with E-state index in [4.69, 9.17) is 14.2 Å². The van der Waals surface area contributed by atoms with Crippen LogP contribution in [0, 0.1) is 5.82 Å². The molecule has 146 valence electrons. The molecule has 0 amide bonds. The van der Waals surface area contributed by atoms with Crippen LogP contribution in [-0.2, 0) is 6.54 Å². The van der Waals surface area contributed by atoms with Crippen molar-refractivity contribution < 1.29 is 18.6 Å². The summed E-state index contributed by atoms with van der Waals surface area (Å²) in [5.41, 5.74) is 1.58. The van der Waals surface area contributed by atoms with Gasteiger partial charge in [0.2, 0.25) is 11.7 Å². The Morgan fingerprint density at radius 1 is 0.964 bits per heavy atom. The SMILES string of the molecule is COc1cc(Nc2cnnc(NCc3ccc(F)cc3)n2)cc(OC)c1OC. The van der Waals surface area contributed by atoms with Crippen molar-refractivity contribution in [3.05, 3.63) is 54.0 Å². The second-order valence-electron chi connectivity index (χ2n) is 5.68. The number of rotatable bonds is 8. The third-order valence-electron chi connectivity index (χ3n) is 3.86. The summed E-state index contributed by atoms with van der Waals surface area (Å²) in [6.45, 7) is 0.440. The maximum Gasteiger partial charge on any atom is 0.244 e. The second-order valence-corrected chi connectivity index (χ2v) is 5.68. The van der Waals surface area contributed by atoms with Gasteiger partial charge < -0.3 is 24.8 Å². The molecule has 0 aliphatic carbocycles. The number of hydrogen-bond donors (Lipinski definition) is 2. The lowest BCUT2D eigenvalue weighted by Gasteiger charge is -2.15. The molecule has 2 aromatic carbocycles. The number of hydrogen-bond acceptors (Lipinski definition) is 8. The van der Waals surface area contributed by atoms with Crippen LogP contribution in [0.3, 0.4) is 0 Å². The Labute approximate surface area is 161 Å². The first kappa shape index (κ1) is 19.2. The number of nitrogens with one attached hydrogen (secondary N) is 2. The van der Waals surface area contributed by atoms with Gasteiger partial charge in [-0.25, -0.2) is 4.39 Å². The third-order valence-corrected chi connectivity index (χ3v) is 3.86. The zero-order valence-corrected chi connectivity index (χ0v) is 15.7. The summed E-state index contributed by atoms with van der Waals surface area (Å²) < 4.78 is 29.0. The van der Waals surface area contributed by atoms with E-state index in [0.717, 1.165) is 5.56 Å². The van der Waals surface area contributed by atoms with Gasteiger partial charge in [0.25, 0.3) is 0 Å². The molecule has 0 radical (unpaired) electrons. The van der Waals surface area contributed by atoms with E-state index < -0.39 is 0 Å². The van der Waals surface area contributed by atoms with E-state index >= 15 is 0 Å². The molecule has 1 heterocycles. The van der Waals surface area contributed by atoms with E-state index in [1.807, 2.05) is 0 Å². The summed E-state index contributed by atoms with van der Waals surface area (Å²) >= 11 is 0. The molecule has 8 nitrogen and oxygen atoms in total. The van der Waals surface area contributed by atoms with Crippen LogP contribution in [0.1, 0.15) is 5.56 Å². The maximum atomic E-state index is 13.0. The summed E-state index contributed by atoms with van der Waals surface area (Å²) in [5.74, 6) is 2.06. The molecule has 3 rings (SSSR count). The molecule has 2 N–H and O–H groups in total. The van der Waals surface area contributed by atoms with Crippen LogP contribution < -0.4 is 24.8 Å². The Hall–Kier alpha value is -3.62. The highest BCUT2D eigenvalue weighted by Gasteiger charge is 2.13. The predicted molar refractivity (Wildman–Crippen MR) is 103 cm³/mol. The number of methoxy groups -OCH3 is 3. The smallest absolute Gasteiger partial charge is 0.244 e. The highest BCUT2D eigenvalue weighted by atomic mass is 19.1. The van der Waals surface area contributed by atoms with Gasteiger partial charge in [-0.3, -0.25) is 0 Å². The van der Waals surface area contributed by atoms with Crippen LogP contribution in [-0.4, -0.2) is 36.5 Å². The standard InChI is InChI=1S/C19H20FN5O3/c1-26-15-8-14(9-16(27-2)18(15)28-3)23-17-11-22-25-19(24-17)21-10-12-4-6-13(20)7-5-12/h4-9,11H,10H2,1-3H3,(H2,21,23,24,25). The lowest BCUT2D eigenvalue weighted by Crippen LogP contribution is -2.06. The quantitative estimate of drug-likeness (QED) is 0.610. The Balaban J connectivity index is 1.74. The molecular formula is C19H20FN5O3. The fourth-order valence-corrected chi connectivity index (χ4v) is 2.52. The zero-order chi connectivity index (χ0) is 19.9. The van der Waals surface area contributed by atoms with Gasteiger partial charge in [0.1, 0.15) is 5.82 Å². The molecule has 28 heavy (non-hydrogen) atoms. The monoisotopic (exact) mass is 385 g/mol. The van der Waals surface area contributed by atoms with E-state index in [9.17, 15) is 4.39 Å². The number of halogens is 1. The highest BCUT2D eigenvalue weighted by Crippen LogP contribution is 2.40. The topological polar surface area (TPSA) is 90.4 Å². The molecule has 0 unspecified atom stereocenters. The highest BCUT2D eigenvalue weighted by molar-refractivity contribution is 5.66. The van der Waals surface area contributed by atoms with Gasteiger partial charge in [-0.2, -0.15) is 10.1 Å².